The maximum absolute atomic E-state index is 13.3. The molecule has 2 aromatic carbocycles. The first-order valence-electron chi connectivity index (χ1n) is 11.2. The Morgan fingerprint density at radius 3 is 2.48 bits per heavy atom. The molecule has 2 aliphatic rings. The van der Waals surface area contributed by atoms with Gasteiger partial charge in [0, 0.05) is 19.5 Å². The fourth-order valence-corrected chi connectivity index (χ4v) is 4.69. The molecule has 2 fully saturated rings. The molecule has 1 saturated carbocycles. The van der Waals surface area contributed by atoms with Gasteiger partial charge in [0.25, 0.3) is 0 Å². The number of benzene rings is 2. The molecule has 0 aromatic heterocycles. The Morgan fingerprint density at radius 1 is 1.03 bits per heavy atom. The van der Waals surface area contributed by atoms with Crippen LogP contribution in [0.25, 0.3) is 0 Å². The van der Waals surface area contributed by atoms with Gasteiger partial charge in [-0.2, -0.15) is 0 Å². The minimum absolute atomic E-state index is 0.0140. The number of piperidine rings is 1. The zero-order valence-corrected chi connectivity index (χ0v) is 18.3. The summed E-state index contributed by atoms with van der Waals surface area (Å²) >= 11 is 0. The Hall–Kier alpha value is -2.66. The minimum atomic E-state index is -0.343. The van der Waals surface area contributed by atoms with Gasteiger partial charge >= 0.3 is 5.97 Å². The smallest absolute Gasteiger partial charge is 0.337 e. The number of Topliss-reactive ketones (excluding diaryl/α,β-unsaturated/α-hetero) is 1. The van der Waals surface area contributed by atoms with E-state index < -0.39 is 0 Å². The number of carbonyl (C=O) groups excluding carboxylic acids is 2. The largest absolute Gasteiger partial charge is 0.492 e. The van der Waals surface area contributed by atoms with Gasteiger partial charge in [0.2, 0.25) is 0 Å². The number of nitrogens with zero attached hydrogens (tertiary/aromatic N) is 1. The summed E-state index contributed by atoms with van der Waals surface area (Å²) in [6, 6.07) is 17.2. The normalized spacial score (nSPS) is 23.5. The van der Waals surface area contributed by atoms with Gasteiger partial charge in [-0.05, 0) is 60.4 Å². The lowest BCUT2D eigenvalue weighted by Gasteiger charge is -2.34. The summed E-state index contributed by atoms with van der Waals surface area (Å²) in [6.07, 6.45) is 2.74. The molecule has 31 heavy (non-hydrogen) atoms. The second-order valence-corrected chi connectivity index (χ2v) is 8.85. The lowest BCUT2D eigenvalue weighted by atomic mass is 9.89. The number of carbonyl (C=O) groups is 2. The average molecular weight is 422 g/mol. The summed E-state index contributed by atoms with van der Waals surface area (Å²) in [6.45, 7) is 4.45. The van der Waals surface area contributed by atoms with E-state index in [-0.39, 0.29) is 17.9 Å². The third kappa shape index (κ3) is 5.34. The van der Waals surface area contributed by atoms with Crippen LogP contribution in [0.5, 0.6) is 5.75 Å². The molecule has 5 heteroatoms. The number of methoxy groups -OCH3 is 1. The van der Waals surface area contributed by atoms with Crippen molar-refractivity contribution in [2.75, 3.05) is 26.8 Å². The van der Waals surface area contributed by atoms with Crippen molar-refractivity contribution >= 4 is 11.8 Å². The highest BCUT2D eigenvalue weighted by Gasteiger charge is 2.47. The molecule has 0 N–H and O–H groups in total. The van der Waals surface area contributed by atoms with Crippen LogP contribution in [0.4, 0.5) is 0 Å². The third-order valence-electron chi connectivity index (χ3n) is 6.68. The lowest BCUT2D eigenvalue weighted by Crippen LogP contribution is -2.47. The average Bonchev–Trinajstić information content (AvgIpc) is 3.57. The predicted molar refractivity (Wildman–Crippen MR) is 119 cm³/mol. The number of rotatable bonds is 9. The summed E-state index contributed by atoms with van der Waals surface area (Å²) in [4.78, 5) is 27.2. The Balaban J connectivity index is 1.34. The van der Waals surface area contributed by atoms with Gasteiger partial charge in [-0.1, -0.05) is 37.3 Å². The zero-order chi connectivity index (χ0) is 21.8. The molecule has 2 aromatic rings. The standard InChI is InChI=1S/C26H31NO4/c1-18(19-8-10-20(11-9-19)26(29)30-2)14-25(28)24-16-21-15-22(21)17-27(24)12-13-31-23-6-4-3-5-7-23/h3-11,18,21-22,24H,12-17H2,1-2H3/t18-,21+,22-,24-/m1/s1. The molecule has 0 spiro atoms. The number of fused-ring (bicyclic) bond motifs is 1. The molecule has 4 rings (SSSR count). The Morgan fingerprint density at radius 2 is 1.77 bits per heavy atom. The third-order valence-corrected chi connectivity index (χ3v) is 6.68. The molecule has 1 heterocycles. The van der Waals surface area contributed by atoms with Crippen molar-refractivity contribution < 1.29 is 19.1 Å². The maximum atomic E-state index is 13.3. The topological polar surface area (TPSA) is 55.8 Å². The second kappa shape index (κ2) is 9.65. The highest BCUT2D eigenvalue weighted by atomic mass is 16.5. The van der Waals surface area contributed by atoms with Crippen LogP contribution in [0, 0.1) is 11.8 Å². The molecule has 4 atom stereocenters. The Labute approximate surface area is 184 Å². The van der Waals surface area contributed by atoms with Crippen molar-refractivity contribution in [1.82, 2.24) is 4.90 Å². The van der Waals surface area contributed by atoms with Gasteiger partial charge in [-0.15, -0.1) is 0 Å². The van der Waals surface area contributed by atoms with Crippen molar-refractivity contribution in [1.29, 1.82) is 0 Å². The van der Waals surface area contributed by atoms with Crippen LogP contribution in [-0.2, 0) is 9.53 Å². The highest BCUT2D eigenvalue weighted by molar-refractivity contribution is 5.89. The van der Waals surface area contributed by atoms with Gasteiger partial charge in [0.1, 0.15) is 12.4 Å². The van der Waals surface area contributed by atoms with Gasteiger partial charge in [0.15, 0.2) is 5.78 Å². The number of hydrogen-bond donors (Lipinski definition) is 0. The molecular weight excluding hydrogens is 390 g/mol. The van der Waals surface area contributed by atoms with Crippen LogP contribution in [-0.4, -0.2) is 49.5 Å². The van der Waals surface area contributed by atoms with Crippen LogP contribution in [0.1, 0.15) is 48.0 Å². The Bertz CT molecular complexity index is 895. The van der Waals surface area contributed by atoms with Crippen LogP contribution in [0.2, 0.25) is 0 Å². The molecule has 0 radical (unpaired) electrons. The number of esters is 1. The number of likely N-dealkylation sites (tertiary alicyclic amines) is 1. The van der Waals surface area contributed by atoms with Crippen molar-refractivity contribution in [3.8, 4) is 5.75 Å². The van der Waals surface area contributed by atoms with E-state index in [1.165, 1.54) is 13.5 Å². The first-order valence-corrected chi connectivity index (χ1v) is 11.2. The van der Waals surface area contributed by atoms with E-state index >= 15 is 0 Å². The van der Waals surface area contributed by atoms with Crippen LogP contribution in [0.3, 0.4) is 0 Å². The number of hydrogen-bond acceptors (Lipinski definition) is 5. The van der Waals surface area contributed by atoms with E-state index in [9.17, 15) is 9.59 Å². The SMILES string of the molecule is COC(=O)c1ccc([C@H](C)CC(=O)[C@H]2C[C@@H]3C[C@@H]3CN2CCOc2ccccc2)cc1. The molecule has 0 amide bonds. The monoisotopic (exact) mass is 421 g/mol. The van der Waals surface area contributed by atoms with Crippen molar-refractivity contribution in [3.63, 3.8) is 0 Å². The molecule has 0 bridgehead atoms. The molecule has 1 aliphatic heterocycles. The van der Waals surface area contributed by atoms with E-state index in [4.69, 9.17) is 9.47 Å². The van der Waals surface area contributed by atoms with E-state index in [1.54, 1.807) is 12.1 Å². The highest BCUT2D eigenvalue weighted by Crippen LogP contribution is 2.47. The number of para-hydroxylation sites is 1. The second-order valence-electron chi connectivity index (χ2n) is 8.85. The lowest BCUT2D eigenvalue weighted by molar-refractivity contribution is -0.126. The quantitative estimate of drug-likeness (QED) is 0.564. The maximum Gasteiger partial charge on any atom is 0.337 e. The summed E-state index contributed by atoms with van der Waals surface area (Å²) in [5, 5.41) is 0. The summed E-state index contributed by atoms with van der Waals surface area (Å²) in [7, 11) is 1.38. The van der Waals surface area contributed by atoms with Crippen molar-refractivity contribution in [3.05, 3.63) is 65.7 Å². The molecule has 164 valence electrons. The van der Waals surface area contributed by atoms with Gasteiger partial charge in [-0.25, -0.2) is 4.79 Å². The zero-order valence-electron chi connectivity index (χ0n) is 18.3. The molecular formula is C26H31NO4. The van der Waals surface area contributed by atoms with E-state index in [0.717, 1.165) is 42.7 Å². The van der Waals surface area contributed by atoms with Crippen LogP contribution < -0.4 is 4.74 Å². The first kappa shape index (κ1) is 21.6. The van der Waals surface area contributed by atoms with Crippen molar-refractivity contribution in [2.24, 2.45) is 11.8 Å². The first-order chi connectivity index (χ1) is 15.0. The number of ketones is 1. The molecule has 1 aliphatic carbocycles. The van der Waals surface area contributed by atoms with Gasteiger partial charge in [-0.3, -0.25) is 9.69 Å². The van der Waals surface area contributed by atoms with E-state index in [0.29, 0.717) is 24.4 Å². The summed E-state index contributed by atoms with van der Waals surface area (Å²) in [5.41, 5.74) is 1.60. The summed E-state index contributed by atoms with van der Waals surface area (Å²) < 4.78 is 10.6. The van der Waals surface area contributed by atoms with Crippen molar-refractivity contribution in [2.45, 2.75) is 38.1 Å². The molecule has 1 saturated heterocycles. The van der Waals surface area contributed by atoms with Gasteiger partial charge in [0.05, 0.1) is 18.7 Å². The fraction of sp³-hybridized carbons (Fsp3) is 0.462. The van der Waals surface area contributed by atoms with E-state index in [1.807, 2.05) is 42.5 Å². The minimum Gasteiger partial charge on any atom is -0.492 e. The number of ether oxygens (including phenoxy) is 2. The molecule has 0 unspecified atom stereocenters. The van der Waals surface area contributed by atoms with Crippen LogP contribution in [0.15, 0.2) is 54.6 Å². The Kier molecular flexibility index (Phi) is 6.71. The predicted octanol–water partition coefficient (Wildman–Crippen LogP) is 4.33. The molecule has 5 nitrogen and oxygen atoms in total. The van der Waals surface area contributed by atoms with E-state index in [2.05, 4.69) is 11.8 Å². The summed E-state index contributed by atoms with van der Waals surface area (Å²) in [5.74, 6) is 2.42. The van der Waals surface area contributed by atoms with Crippen LogP contribution >= 0.6 is 0 Å². The fourth-order valence-electron chi connectivity index (χ4n) is 4.69. The van der Waals surface area contributed by atoms with Gasteiger partial charge < -0.3 is 9.47 Å².